The number of nitrogens with one attached hydrogen (secondary N) is 1. The first-order chi connectivity index (χ1) is 8.69. The fourth-order valence-corrected chi connectivity index (χ4v) is 2.45. The Kier molecular flexibility index (Phi) is 4.80. The molecule has 1 N–H and O–H groups in total. The number of hydrogen-bond donors (Lipinski definition) is 1. The van der Waals surface area contributed by atoms with E-state index in [1.807, 2.05) is 31.6 Å². The number of aromatic nitrogens is 2. The minimum absolute atomic E-state index is 0.749. The topological polar surface area (TPSA) is 29.9 Å². The van der Waals surface area contributed by atoms with Crippen molar-refractivity contribution < 1.29 is 0 Å². The highest BCUT2D eigenvalue weighted by atomic mass is 79.9. The van der Waals surface area contributed by atoms with Crippen LogP contribution in [0.25, 0.3) is 0 Å². The van der Waals surface area contributed by atoms with Crippen LogP contribution in [0.5, 0.6) is 0 Å². The SMILES string of the molecule is CNCCc1cn(Cc2ccc(Br)cc2Cl)cn1. The summed E-state index contributed by atoms with van der Waals surface area (Å²) in [6.45, 7) is 1.69. The van der Waals surface area contributed by atoms with Crippen LogP contribution in [0.15, 0.2) is 35.2 Å². The lowest BCUT2D eigenvalue weighted by Crippen LogP contribution is -2.10. The summed E-state index contributed by atoms with van der Waals surface area (Å²) in [5.74, 6) is 0. The lowest BCUT2D eigenvalue weighted by atomic mass is 10.2. The molecule has 2 aromatic rings. The van der Waals surface area contributed by atoms with Gasteiger partial charge in [0.25, 0.3) is 0 Å². The summed E-state index contributed by atoms with van der Waals surface area (Å²) in [5.41, 5.74) is 2.19. The van der Waals surface area contributed by atoms with Crippen molar-refractivity contribution in [3.8, 4) is 0 Å². The molecule has 0 unspecified atom stereocenters. The fourth-order valence-electron chi connectivity index (χ4n) is 1.72. The number of rotatable bonds is 5. The van der Waals surface area contributed by atoms with Crippen LogP contribution in [-0.4, -0.2) is 23.1 Å². The van der Waals surface area contributed by atoms with Crippen LogP contribution in [0.1, 0.15) is 11.3 Å². The Balaban J connectivity index is 2.06. The average molecular weight is 329 g/mol. The maximum Gasteiger partial charge on any atom is 0.0952 e. The van der Waals surface area contributed by atoms with Gasteiger partial charge in [-0.15, -0.1) is 0 Å². The Morgan fingerprint density at radius 2 is 2.28 bits per heavy atom. The van der Waals surface area contributed by atoms with Crippen LogP contribution in [0.3, 0.4) is 0 Å². The van der Waals surface area contributed by atoms with Crippen LogP contribution in [0, 0.1) is 0 Å². The predicted molar refractivity (Wildman–Crippen MR) is 78.1 cm³/mol. The van der Waals surface area contributed by atoms with E-state index in [2.05, 4.69) is 37.0 Å². The van der Waals surface area contributed by atoms with E-state index < -0.39 is 0 Å². The monoisotopic (exact) mass is 327 g/mol. The van der Waals surface area contributed by atoms with Crippen molar-refractivity contribution in [3.05, 3.63) is 51.5 Å². The molecule has 0 atom stereocenters. The lowest BCUT2D eigenvalue weighted by Gasteiger charge is -2.05. The standard InChI is InChI=1S/C13H15BrClN3/c1-16-5-4-12-8-18(9-17-12)7-10-2-3-11(14)6-13(10)15/h2-3,6,8-9,16H,4-5,7H2,1H3. The van der Waals surface area contributed by atoms with E-state index in [1.54, 1.807) is 0 Å². The van der Waals surface area contributed by atoms with Crippen LogP contribution in [0.4, 0.5) is 0 Å². The maximum atomic E-state index is 6.20. The number of hydrogen-bond acceptors (Lipinski definition) is 2. The summed E-state index contributed by atoms with van der Waals surface area (Å²) < 4.78 is 3.05. The highest BCUT2D eigenvalue weighted by molar-refractivity contribution is 9.10. The summed E-state index contributed by atoms with van der Waals surface area (Å²) in [7, 11) is 1.94. The molecule has 0 amide bonds. The number of nitrogens with zero attached hydrogens (tertiary/aromatic N) is 2. The molecule has 0 aliphatic rings. The molecule has 18 heavy (non-hydrogen) atoms. The molecule has 0 radical (unpaired) electrons. The van der Waals surface area contributed by atoms with Gasteiger partial charge in [-0.25, -0.2) is 4.98 Å². The van der Waals surface area contributed by atoms with Crippen molar-refractivity contribution in [2.24, 2.45) is 0 Å². The van der Waals surface area contributed by atoms with Gasteiger partial charge in [0.05, 0.1) is 12.0 Å². The molecular formula is C13H15BrClN3. The third kappa shape index (κ3) is 3.57. The zero-order valence-corrected chi connectivity index (χ0v) is 12.5. The highest BCUT2D eigenvalue weighted by Gasteiger charge is 2.03. The lowest BCUT2D eigenvalue weighted by molar-refractivity contribution is 0.774. The molecule has 0 aliphatic heterocycles. The summed E-state index contributed by atoms with van der Waals surface area (Å²) in [5, 5.41) is 3.89. The first-order valence-corrected chi connectivity index (χ1v) is 6.95. The van der Waals surface area contributed by atoms with Crippen LogP contribution in [-0.2, 0) is 13.0 Å². The van der Waals surface area contributed by atoms with Crippen LogP contribution in [0.2, 0.25) is 5.02 Å². The summed E-state index contributed by atoms with van der Waals surface area (Å²) >= 11 is 9.60. The van der Waals surface area contributed by atoms with Crippen LogP contribution >= 0.6 is 27.5 Å². The smallest absolute Gasteiger partial charge is 0.0952 e. The molecule has 2 rings (SSSR count). The molecule has 5 heteroatoms. The molecule has 96 valence electrons. The molecule has 0 aliphatic carbocycles. The molecular weight excluding hydrogens is 314 g/mol. The molecule has 3 nitrogen and oxygen atoms in total. The van der Waals surface area contributed by atoms with Gasteiger partial charge in [-0.2, -0.15) is 0 Å². The zero-order chi connectivity index (χ0) is 13.0. The summed E-state index contributed by atoms with van der Waals surface area (Å²) in [6.07, 6.45) is 4.86. The van der Waals surface area contributed by atoms with Crippen LogP contribution < -0.4 is 5.32 Å². The minimum Gasteiger partial charge on any atom is -0.333 e. The molecule has 0 saturated carbocycles. The fraction of sp³-hybridized carbons (Fsp3) is 0.308. The average Bonchev–Trinajstić information content (AvgIpc) is 2.78. The van der Waals surface area contributed by atoms with Gasteiger partial charge in [0.15, 0.2) is 0 Å². The molecule has 0 spiro atoms. The summed E-state index contributed by atoms with van der Waals surface area (Å²) in [6, 6.07) is 5.94. The van der Waals surface area contributed by atoms with Gasteiger partial charge in [0.1, 0.15) is 0 Å². The van der Waals surface area contributed by atoms with Gasteiger partial charge in [-0.1, -0.05) is 33.6 Å². The predicted octanol–water partition coefficient (Wildman–Crippen LogP) is 3.11. The first-order valence-electron chi connectivity index (χ1n) is 5.78. The Labute approximate surface area is 120 Å². The van der Waals surface area contributed by atoms with E-state index in [0.717, 1.165) is 40.3 Å². The van der Waals surface area contributed by atoms with Gasteiger partial charge in [0.2, 0.25) is 0 Å². The van der Waals surface area contributed by atoms with Gasteiger partial charge in [-0.3, -0.25) is 0 Å². The van der Waals surface area contributed by atoms with Crippen molar-refractivity contribution in [1.29, 1.82) is 0 Å². The zero-order valence-electron chi connectivity index (χ0n) is 10.2. The van der Waals surface area contributed by atoms with Crippen molar-refractivity contribution in [1.82, 2.24) is 14.9 Å². The molecule has 0 bridgehead atoms. The maximum absolute atomic E-state index is 6.20. The van der Waals surface area contributed by atoms with E-state index in [-0.39, 0.29) is 0 Å². The third-order valence-electron chi connectivity index (χ3n) is 2.69. The highest BCUT2D eigenvalue weighted by Crippen LogP contribution is 2.22. The number of benzene rings is 1. The van der Waals surface area contributed by atoms with Gasteiger partial charge < -0.3 is 9.88 Å². The minimum atomic E-state index is 0.749. The van der Waals surface area contributed by atoms with E-state index in [9.17, 15) is 0 Å². The van der Waals surface area contributed by atoms with Gasteiger partial charge in [-0.05, 0) is 24.7 Å². The van der Waals surface area contributed by atoms with E-state index >= 15 is 0 Å². The molecule has 1 aromatic carbocycles. The van der Waals surface area contributed by atoms with Gasteiger partial charge in [0, 0.05) is 35.2 Å². The largest absolute Gasteiger partial charge is 0.333 e. The number of halogens is 2. The normalized spacial score (nSPS) is 10.8. The Morgan fingerprint density at radius 3 is 3.00 bits per heavy atom. The third-order valence-corrected chi connectivity index (χ3v) is 3.53. The van der Waals surface area contributed by atoms with Crippen molar-refractivity contribution in [2.75, 3.05) is 13.6 Å². The first kappa shape index (κ1) is 13.6. The Hall–Kier alpha value is -0.840. The quantitative estimate of drug-likeness (QED) is 0.914. The van der Waals surface area contributed by atoms with E-state index in [4.69, 9.17) is 11.6 Å². The second-order valence-corrected chi connectivity index (χ2v) is 5.45. The van der Waals surface area contributed by atoms with Gasteiger partial charge >= 0.3 is 0 Å². The molecule has 1 aromatic heterocycles. The molecule has 0 saturated heterocycles. The van der Waals surface area contributed by atoms with Crippen molar-refractivity contribution in [2.45, 2.75) is 13.0 Å². The Bertz CT molecular complexity index is 525. The van der Waals surface area contributed by atoms with E-state index in [1.165, 1.54) is 0 Å². The van der Waals surface area contributed by atoms with E-state index in [0.29, 0.717) is 0 Å². The molecule has 1 heterocycles. The summed E-state index contributed by atoms with van der Waals surface area (Å²) in [4.78, 5) is 4.37. The number of imidazole rings is 1. The van der Waals surface area contributed by atoms with Crippen molar-refractivity contribution in [3.63, 3.8) is 0 Å². The Morgan fingerprint density at radius 1 is 1.44 bits per heavy atom. The molecule has 0 fully saturated rings. The van der Waals surface area contributed by atoms with Crippen molar-refractivity contribution >= 4 is 27.5 Å². The second kappa shape index (κ2) is 6.36. The second-order valence-electron chi connectivity index (χ2n) is 4.13. The number of likely N-dealkylation sites (N-methyl/N-ethyl adjacent to an activating group) is 1.